The number of rotatable bonds is 8. The van der Waals surface area contributed by atoms with E-state index >= 15 is 0 Å². The number of carbonyl (C=O) groups is 2. The van der Waals surface area contributed by atoms with E-state index in [4.69, 9.17) is 0 Å². The lowest BCUT2D eigenvalue weighted by Crippen LogP contribution is -2.42. The number of aromatic nitrogens is 2. The van der Waals surface area contributed by atoms with Crippen LogP contribution in [0.4, 0.5) is 5.13 Å². The van der Waals surface area contributed by atoms with Crippen molar-refractivity contribution in [3.63, 3.8) is 0 Å². The lowest BCUT2D eigenvalue weighted by atomic mass is 10.0. The Labute approximate surface area is 168 Å². The first kappa shape index (κ1) is 19.9. The van der Waals surface area contributed by atoms with Crippen LogP contribution in [0.3, 0.4) is 0 Å². The van der Waals surface area contributed by atoms with Gasteiger partial charge in [-0.05, 0) is 29.7 Å². The second-order valence-electron chi connectivity index (χ2n) is 6.70. The van der Waals surface area contributed by atoms with Crippen LogP contribution >= 0.6 is 11.3 Å². The van der Waals surface area contributed by atoms with Gasteiger partial charge in [0, 0.05) is 6.42 Å². The van der Waals surface area contributed by atoms with Crippen LogP contribution in [-0.4, -0.2) is 28.1 Å². The standard InChI is InChI=1S/C21H24N4O2S/c1-3-4-12-19-24-25-21(28-19)23-20(27)14(2)22-18(26)13-16-10-7-9-15-8-5-6-11-17(15)16/h5-11,14H,3-4,12-13H2,1-2H3,(H,22,26)(H,23,25,27). The van der Waals surface area contributed by atoms with Crippen LogP contribution in [0, 0.1) is 0 Å². The van der Waals surface area contributed by atoms with Crippen LogP contribution in [0.25, 0.3) is 10.8 Å². The summed E-state index contributed by atoms with van der Waals surface area (Å²) in [7, 11) is 0. The highest BCUT2D eigenvalue weighted by molar-refractivity contribution is 7.15. The Morgan fingerprint density at radius 1 is 1.11 bits per heavy atom. The minimum atomic E-state index is -0.662. The Hall–Kier alpha value is -2.80. The Kier molecular flexibility index (Phi) is 6.71. The van der Waals surface area contributed by atoms with Crippen LogP contribution in [-0.2, 0) is 22.4 Å². The summed E-state index contributed by atoms with van der Waals surface area (Å²) in [5, 5.41) is 17.1. The third-order valence-electron chi connectivity index (χ3n) is 4.44. The maximum Gasteiger partial charge on any atom is 0.248 e. The highest BCUT2D eigenvalue weighted by Crippen LogP contribution is 2.19. The highest BCUT2D eigenvalue weighted by atomic mass is 32.1. The van der Waals surface area contributed by atoms with Crippen LogP contribution in [0.2, 0.25) is 0 Å². The monoisotopic (exact) mass is 396 g/mol. The molecule has 1 aromatic heterocycles. The molecule has 2 N–H and O–H groups in total. The Bertz CT molecular complexity index is 964. The number of unbranched alkanes of at least 4 members (excludes halogenated alkanes) is 1. The molecule has 3 rings (SSSR count). The van der Waals surface area contributed by atoms with Crippen molar-refractivity contribution < 1.29 is 9.59 Å². The van der Waals surface area contributed by atoms with Crippen LogP contribution in [0.1, 0.15) is 37.3 Å². The van der Waals surface area contributed by atoms with Gasteiger partial charge < -0.3 is 5.32 Å². The van der Waals surface area contributed by atoms with Crippen molar-refractivity contribution in [1.29, 1.82) is 0 Å². The lowest BCUT2D eigenvalue weighted by Gasteiger charge is -2.13. The van der Waals surface area contributed by atoms with Gasteiger partial charge in [0.25, 0.3) is 0 Å². The van der Waals surface area contributed by atoms with Crippen LogP contribution in [0.5, 0.6) is 0 Å². The van der Waals surface area contributed by atoms with E-state index in [1.807, 2.05) is 42.5 Å². The first-order chi connectivity index (χ1) is 13.6. The summed E-state index contributed by atoms with van der Waals surface area (Å²) in [4.78, 5) is 24.8. The molecule has 1 unspecified atom stereocenters. The Balaban J connectivity index is 1.56. The number of amides is 2. The van der Waals surface area contributed by atoms with Gasteiger partial charge in [-0.25, -0.2) is 0 Å². The van der Waals surface area contributed by atoms with Crippen LogP contribution < -0.4 is 10.6 Å². The summed E-state index contributed by atoms with van der Waals surface area (Å²) in [5.41, 5.74) is 0.938. The molecule has 0 fully saturated rings. The zero-order valence-electron chi connectivity index (χ0n) is 16.1. The van der Waals surface area contributed by atoms with Crippen molar-refractivity contribution in [2.24, 2.45) is 0 Å². The molecule has 1 atom stereocenters. The first-order valence-corrected chi connectivity index (χ1v) is 10.3. The maximum absolute atomic E-state index is 12.4. The van der Waals surface area contributed by atoms with Gasteiger partial charge >= 0.3 is 0 Å². The molecule has 28 heavy (non-hydrogen) atoms. The number of hydrogen-bond donors (Lipinski definition) is 2. The van der Waals surface area contributed by atoms with Gasteiger partial charge in [-0.1, -0.05) is 67.1 Å². The summed E-state index contributed by atoms with van der Waals surface area (Å²) in [6, 6.07) is 13.2. The quantitative estimate of drug-likeness (QED) is 0.608. The second kappa shape index (κ2) is 9.41. The molecular weight excluding hydrogens is 372 g/mol. The number of hydrogen-bond acceptors (Lipinski definition) is 5. The molecule has 2 amide bonds. The third-order valence-corrected chi connectivity index (χ3v) is 5.34. The summed E-state index contributed by atoms with van der Waals surface area (Å²) in [6.07, 6.45) is 3.21. The summed E-state index contributed by atoms with van der Waals surface area (Å²) < 4.78 is 0. The van der Waals surface area contributed by atoms with E-state index in [9.17, 15) is 9.59 Å². The molecule has 6 nitrogen and oxygen atoms in total. The van der Waals surface area contributed by atoms with Crippen molar-refractivity contribution in [2.75, 3.05) is 5.32 Å². The molecule has 0 aliphatic carbocycles. The molecule has 0 saturated carbocycles. The predicted octanol–water partition coefficient (Wildman–Crippen LogP) is 3.72. The van der Waals surface area contributed by atoms with Gasteiger partial charge in [0.2, 0.25) is 16.9 Å². The largest absolute Gasteiger partial charge is 0.344 e. The summed E-state index contributed by atoms with van der Waals surface area (Å²) in [5.74, 6) is -0.496. The number of carbonyl (C=O) groups excluding carboxylic acids is 2. The molecule has 3 aromatic rings. The number of fused-ring (bicyclic) bond motifs is 1. The third kappa shape index (κ3) is 5.13. The van der Waals surface area contributed by atoms with E-state index in [-0.39, 0.29) is 18.2 Å². The van der Waals surface area contributed by atoms with Crippen molar-refractivity contribution in [3.8, 4) is 0 Å². The number of benzene rings is 2. The van der Waals surface area contributed by atoms with E-state index < -0.39 is 6.04 Å². The van der Waals surface area contributed by atoms with E-state index in [1.165, 1.54) is 11.3 Å². The first-order valence-electron chi connectivity index (χ1n) is 9.46. The van der Waals surface area contributed by atoms with Crippen molar-refractivity contribution in [3.05, 3.63) is 53.0 Å². The van der Waals surface area contributed by atoms with Crippen LogP contribution in [0.15, 0.2) is 42.5 Å². The zero-order valence-corrected chi connectivity index (χ0v) is 16.9. The molecule has 0 bridgehead atoms. The van der Waals surface area contributed by atoms with Gasteiger partial charge in [0.1, 0.15) is 11.0 Å². The molecular formula is C21H24N4O2S. The zero-order chi connectivity index (χ0) is 19.9. The van der Waals surface area contributed by atoms with E-state index in [1.54, 1.807) is 6.92 Å². The second-order valence-corrected chi connectivity index (χ2v) is 7.76. The fourth-order valence-corrected chi connectivity index (χ4v) is 3.71. The lowest BCUT2D eigenvalue weighted by molar-refractivity contribution is -0.125. The average molecular weight is 397 g/mol. The molecule has 1 heterocycles. The Morgan fingerprint density at radius 3 is 2.71 bits per heavy atom. The van der Waals surface area contributed by atoms with Crippen molar-refractivity contribution in [1.82, 2.24) is 15.5 Å². The maximum atomic E-state index is 12.4. The number of anilines is 1. The average Bonchev–Trinajstić information content (AvgIpc) is 3.13. The van der Waals surface area contributed by atoms with E-state index in [2.05, 4.69) is 27.8 Å². The molecule has 2 aromatic carbocycles. The Morgan fingerprint density at radius 2 is 1.89 bits per heavy atom. The van der Waals surface area contributed by atoms with E-state index in [0.29, 0.717) is 5.13 Å². The van der Waals surface area contributed by atoms with Gasteiger partial charge in [-0.3, -0.25) is 14.9 Å². The number of nitrogens with one attached hydrogen (secondary N) is 2. The van der Waals surface area contributed by atoms with Gasteiger partial charge in [-0.2, -0.15) is 0 Å². The minimum absolute atomic E-state index is 0.195. The number of nitrogens with zero attached hydrogens (tertiary/aromatic N) is 2. The van der Waals surface area contributed by atoms with Crippen molar-refractivity contribution in [2.45, 2.75) is 45.6 Å². The fourth-order valence-electron chi connectivity index (χ4n) is 2.92. The molecule has 0 aliphatic rings. The molecule has 0 aliphatic heterocycles. The summed E-state index contributed by atoms with van der Waals surface area (Å²) in [6.45, 7) is 3.78. The topological polar surface area (TPSA) is 84.0 Å². The minimum Gasteiger partial charge on any atom is -0.344 e. The van der Waals surface area contributed by atoms with Gasteiger partial charge in [-0.15, -0.1) is 10.2 Å². The number of aryl methyl sites for hydroxylation is 1. The van der Waals surface area contributed by atoms with Crippen molar-refractivity contribution >= 4 is 39.1 Å². The molecule has 146 valence electrons. The normalized spacial score (nSPS) is 11.9. The molecule has 0 radical (unpaired) electrons. The highest BCUT2D eigenvalue weighted by Gasteiger charge is 2.18. The predicted molar refractivity (Wildman–Crippen MR) is 112 cm³/mol. The van der Waals surface area contributed by atoms with Gasteiger partial charge in [0.15, 0.2) is 0 Å². The summed E-state index contributed by atoms with van der Waals surface area (Å²) >= 11 is 1.37. The molecule has 0 spiro atoms. The van der Waals surface area contributed by atoms with E-state index in [0.717, 1.165) is 40.6 Å². The molecule has 7 heteroatoms. The smallest absolute Gasteiger partial charge is 0.248 e. The fraction of sp³-hybridized carbons (Fsp3) is 0.333. The SMILES string of the molecule is CCCCc1nnc(NC(=O)C(C)NC(=O)Cc2cccc3ccccc23)s1. The van der Waals surface area contributed by atoms with Gasteiger partial charge in [0.05, 0.1) is 6.42 Å². The molecule has 0 saturated heterocycles.